The Morgan fingerprint density at radius 2 is 2.00 bits per heavy atom. The summed E-state index contributed by atoms with van der Waals surface area (Å²) in [6.45, 7) is 4.50. The van der Waals surface area contributed by atoms with E-state index < -0.39 is 0 Å². The van der Waals surface area contributed by atoms with E-state index in [1.165, 1.54) is 0 Å². The number of nitrogens with zero attached hydrogens (tertiary/aromatic N) is 1. The van der Waals surface area contributed by atoms with E-state index in [1.807, 2.05) is 30.3 Å². The Balaban J connectivity index is 2.14. The van der Waals surface area contributed by atoms with Crippen molar-refractivity contribution in [2.24, 2.45) is 0 Å². The van der Waals surface area contributed by atoms with Gasteiger partial charge in [0.05, 0.1) is 6.61 Å². The molecule has 0 aliphatic carbocycles. The summed E-state index contributed by atoms with van der Waals surface area (Å²) in [5.41, 5.74) is 2.71. The van der Waals surface area contributed by atoms with Crippen LogP contribution in [0.25, 0.3) is 0 Å². The lowest BCUT2D eigenvalue weighted by Gasteiger charge is -2.11. The van der Waals surface area contributed by atoms with E-state index in [4.69, 9.17) is 16.3 Å². The van der Waals surface area contributed by atoms with Crippen LogP contribution < -0.4 is 4.74 Å². The Morgan fingerprint density at radius 1 is 1.20 bits per heavy atom. The van der Waals surface area contributed by atoms with Crippen molar-refractivity contribution < 1.29 is 9.84 Å². The number of aliphatic hydroxyl groups excluding tert-OH is 1. The number of hydrogen-bond acceptors (Lipinski definition) is 3. The number of pyridine rings is 1. The van der Waals surface area contributed by atoms with Crippen LogP contribution in [0.3, 0.4) is 0 Å². The van der Waals surface area contributed by atoms with Gasteiger partial charge in [-0.05, 0) is 35.2 Å². The molecule has 0 saturated heterocycles. The lowest BCUT2D eigenvalue weighted by Crippen LogP contribution is -2.02. The van der Waals surface area contributed by atoms with Gasteiger partial charge in [-0.2, -0.15) is 0 Å². The molecule has 1 N–H and O–H groups in total. The molecule has 0 aliphatic heterocycles. The maximum atomic E-state index is 9.29. The van der Waals surface area contributed by atoms with E-state index in [9.17, 15) is 5.11 Å². The molecule has 1 aromatic carbocycles. The van der Waals surface area contributed by atoms with E-state index in [1.54, 1.807) is 6.07 Å². The average Bonchev–Trinajstić information content (AvgIpc) is 2.45. The van der Waals surface area contributed by atoms with Gasteiger partial charge in [-0.3, -0.25) is 0 Å². The number of aromatic nitrogens is 1. The third kappa shape index (κ3) is 3.95. The van der Waals surface area contributed by atoms with Crippen LogP contribution in [0, 0.1) is 0 Å². The van der Waals surface area contributed by atoms with E-state index >= 15 is 0 Å². The van der Waals surface area contributed by atoms with Crippen LogP contribution >= 0.6 is 11.6 Å². The summed E-state index contributed by atoms with van der Waals surface area (Å²) in [6, 6.07) is 11.2. The number of ether oxygens (including phenoxy) is 1. The van der Waals surface area contributed by atoms with E-state index in [2.05, 4.69) is 18.8 Å². The number of hydrogen-bond donors (Lipinski definition) is 1. The monoisotopic (exact) mass is 291 g/mol. The minimum absolute atomic E-state index is 0.0181. The van der Waals surface area contributed by atoms with Crippen LogP contribution in [0.5, 0.6) is 5.88 Å². The molecule has 20 heavy (non-hydrogen) atoms. The van der Waals surface area contributed by atoms with Crippen LogP contribution in [0.1, 0.15) is 36.6 Å². The number of aliphatic hydroxyl groups is 1. The zero-order valence-corrected chi connectivity index (χ0v) is 12.4. The van der Waals surface area contributed by atoms with Gasteiger partial charge in [-0.25, -0.2) is 4.98 Å². The number of halogens is 1. The smallest absolute Gasteiger partial charge is 0.214 e. The lowest BCUT2D eigenvalue weighted by atomic mass is 10.1. The van der Waals surface area contributed by atoms with Crippen LogP contribution in [0.2, 0.25) is 5.02 Å². The van der Waals surface area contributed by atoms with Crippen molar-refractivity contribution in [1.82, 2.24) is 4.98 Å². The fourth-order valence-corrected chi connectivity index (χ4v) is 2.04. The SMILES string of the molecule is CC(C)c1cc(CO)cc(OCc2cccc(Cl)c2)n1. The first-order valence-electron chi connectivity index (χ1n) is 6.57. The molecule has 0 radical (unpaired) electrons. The molecule has 0 bridgehead atoms. The molecule has 0 amide bonds. The molecule has 2 rings (SSSR count). The van der Waals surface area contributed by atoms with Gasteiger partial charge >= 0.3 is 0 Å². The second kappa shape index (κ2) is 6.73. The third-order valence-electron chi connectivity index (χ3n) is 2.93. The fourth-order valence-electron chi connectivity index (χ4n) is 1.83. The summed E-state index contributed by atoms with van der Waals surface area (Å²) in [4.78, 5) is 4.45. The highest BCUT2D eigenvalue weighted by Gasteiger charge is 2.07. The van der Waals surface area contributed by atoms with Crippen molar-refractivity contribution in [1.29, 1.82) is 0 Å². The van der Waals surface area contributed by atoms with Crippen LogP contribution in [0.15, 0.2) is 36.4 Å². The largest absolute Gasteiger partial charge is 0.473 e. The molecule has 1 aromatic heterocycles. The Hall–Kier alpha value is -1.58. The van der Waals surface area contributed by atoms with E-state index in [0.717, 1.165) is 16.8 Å². The first-order valence-corrected chi connectivity index (χ1v) is 6.95. The summed E-state index contributed by atoms with van der Waals surface area (Å²) < 4.78 is 5.70. The normalized spacial score (nSPS) is 10.8. The van der Waals surface area contributed by atoms with Crippen molar-refractivity contribution >= 4 is 11.6 Å². The maximum Gasteiger partial charge on any atom is 0.214 e. The molecule has 1 heterocycles. The Bertz CT molecular complexity index is 584. The predicted octanol–water partition coefficient (Wildman–Crippen LogP) is 3.93. The minimum atomic E-state index is -0.0181. The zero-order chi connectivity index (χ0) is 14.5. The molecule has 0 atom stereocenters. The summed E-state index contributed by atoms with van der Waals surface area (Å²) >= 11 is 5.94. The minimum Gasteiger partial charge on any atom is -0.473 e. The average molecular weight is 292 g/mol. The molecule has 0 fully saturated rings. The second-order valence-electron chi connectivity index (χ2n) is 4.97. The van der Waals surface area contributed by atoms with Crippen molar-refractivity contribution in [2.45, 2.75) is 33.0 Å². The predicted molar refractivity (Wildman–Crippen MR) is 80.0 cm³/mol. The van der Waals surface area contributed by atoms with Gasteiger partial charge in [0.15, 0.2) is 0 Å². The summed E-state index contributed by atoms with van der Waals surface area (Å²) in [7, 11) is 0. The molecule has 0 aliphatic rings. The lowest BCUT2D eigenvalue weighted by molar-refractivity contribution is 0.274. The Morgan fingerprint density at radius 3 is 2.65 bits per heavy atom. The van der Waals surface area contributed by atoms with E-state index in [-0.39, 0.29) is 12.5 Å². The maximum absolute atomic E-state index is 9.29. The number of rotatable bonds is 5. The molecular formula is C16H18ClNO2. The number of benzene rings is 1. The molecule has 106 valence electrons. The molecule has 3 nitrogen and oxygen atoms in total. The molecule has 4 heteroatoms. The van der Waals surface area contributed by atoms with Gasteiger partial charge in [-0.1, -0.05) is 37.6 Å². The summed E-state index contributed by atoms with van der Waals surface area (Å²) in [6.07, 6.45) is 0. The van der Waals surface area contributed by atoms with Gasteiger partial charge in [0, 0.05) is 16.8 Å². The van der Waals surface area contributed by atoms with Gasteiger partial charge in [0.2, 0.25) is 5.88 Å². The molecule has 0 unspecified atom stereocenters. The molecular weight excluding hydrogens is 274 g/mol. The highest BCUT2D eigenvalue weighted by atomic mass is 35.5. The van der Waals surface area contributed by atoms with Crippen molar-refractivity contribution in [3.05, 3.63) is 58.2 Å². The molecule has 0 saturated carbocycles. The quantitative estimate of drug-likeness (QED) is 0.907. The van der Waals surface area contributed by atoms with Crippen molar-refractivity contribution in [2.75, 3.05) is 0 Å². The summed E-state index contributed by atoms with van der Waals surface area (Å²) in [5.74, 6) is 0.815. The van der Waals surface area contributed by atoms with Gasteiger partial charge in [0.25, 0.3) is 0 Å². The highest BCUT2D eigenvalue weighted by molar-refractivity contribution is 6.30. The molecule has 2 aromatic rings. The van der Waals surface area contributed by atoms with Gasteiger partial charge in [0.1, 0.15) is 6.61 Å². The van der Waals surface area contributed by atoms with Gasteiger partial charge in [-0.15, -0.1) is 0 Å². The molecule has 0 spiro atoms. The van der Waals surface area contributed by atoms with Crippen LogP contribution in [0.4, 0.5) is 0 Å². The fraction of sp³-hybridized carbons (Fsp3) is 0.312. The van der Waals surface area contributed by atoms with E-state index in [0.29, 0.717) is 17.5 Å². The highest BCUT2D eigenvalue weighted by Crippen LogP contribution is 2.20. The van der Waals surface area contributed by atoms with Gasteiger partial charge < -0.3 is 9.84 Å². The summed E-state index contributed by atoms with van der Waals surface area (Å²) in [5, 5.41) is 9.98. The van der Waals surface area contributed by atoms with Crippen molar-refractivity contribution in [3.63, 3.8) is 0 Å². The second-order valence-corrected chi connectivity index (χ2v) is 5.41. The Kier molecular flexibility index (Phi) is 4.99. The van der Waals surface area contributed by atoms with Crippen LogP contribution in [-0.2, 0) is 13.2 Å². The standard InChI is InChI=1S/C16H18ClNO2/c1-11(2)15-7-13(9-19)8-16(18-15)20-10-12-4-3-5-14(17)6-12/h3-8,11,19H,9-10H2,1-2H3. The first-order chi connectivity index (χ1) is 9.58. The van der Waals surface area contributed by atoms with Crippen LogP contribution in [-0.4, -0.2) is 10.1 Å². The third-order valence-corrected chi connectivity index (χ3v) is 3.17. The zero-order valence-electron chi connectivity index (χ0n) is 11.6. The topological polar surface area (TPSA) is 42.4 Å². The Labute approximate surface area is 124 Å². The van der Waals surface area contributed by atoms with Crippen molar-refractivity contribution in [3.8, 4) is 5.88 Å². The first kappa shape index (κ1) is 14.8.